The summed E-state index contributed by atoms with van der Waals surface area (Å²) in [6.45, 7) is 3.61. The summed E-state index contributed by atoms with van der Waals surface area (Å²) in [5, 5.41) is 2.69. The standard InChI is InChI=1S/C21H26ClFN2O3S/c1-4-20(21(26)24-15(2)10-11-16-8-6-5-7-9-16)25(29(3,27)28)17-12-13-19(23)18(22)14-17/h5-9,12-15,20H,4,10-11H2,1-3H3,(H,24,26). The van der Waals surface area contributed by atoms with E-state index in [1.165, 1.54) is 17.7 Å². The number of hydrogen-bond acceptors (Lipinski definition) is 3. The smallest absolute Gasteiger partial charge is 0.244 e. The lowest BCUT2D eigenvalue weighted by molar-refractivity contribution is -0.122. The normalized spacial score (nSPS) is 13.6. The van der Waals surface area contributed by atoms with E-state index in [9.17, 15) is 17.6 Å². The number of halogens is 2. The first-order valence-electron chi connectivity index (χ1n) is 9.42. The molecule has 5 nitrogen and oxygen atoms in total. The fraction of sp³-hybridized carbons (Fsp3) is 0.381. The zero-order valence-electron chi connectivity index (χ0n) is 16.7. The third-order valence-corrected chi connectivity index (χ3v) is 6.05. The molecule has 2 rings (SSSR count). The Kier molecular flexibility index (Phi) is 8.05. The molecule has 2 aromatic rings. The summed E-state index contributed by atoms with van der Waals surface area (Å²) in [4.78, 5) is 12.9. The average Bonchev–Trinajstić information content (AvgIpc) is 2.66. The van der Waals surface area contributed by atoms with Gasteiger partial charge in [-0.3, -0.25) is 9.10 Å². The third-order valence-electron chi connectivity index (χ3n) is 4.58. The van der Waals surface area contributed by atoms with Gasteiger partial charge in [-0.15, -0.1) is 0 Å². The Balaban J connectivity index is 2.16. The van der Waals surface area contributed by atoms with Crippen molar-refractivity contribution in [1.82, 2.24) is 5.32 Å². The zero-order valence-corrected chi connectivity index (χ0v) is 18.3. The Hall–Kier alpha value is -2.12. The van der Waals surface area contributed by atoms with Crippen LogP contribution in [0.1, 0.15) is 32.3 Å². The highest BCUT2D eigenvalue weighted by molar-refractivity contribution is 7.92. The molecule has 2 aromatic carbocycles. The van der Waals surface area contributed by atoms with Crippen molar-refractivity contribution in [2.24, 2.45) is 0 Å². The van der Waals surface area contributed by atoms with Gasteiger partial charge in [0, 0.05) is 6.04 Å². The second-order valence-electron chi connectivity index (χ2n) is 7.02. The second-order valence-corrected chi connectivity index (χ2v) is 9.28. The van der Waals surface area contributed by atoms with Crippen molar-refractivity contribution < 1.29 is 17.6 Å². The largest absolute Gasteiger partial charge is 0.352 e. The monoisotopic (exact) mass is 440 g/mol. The average molecular weight is 441 g/mol. The molecule has 0 saturated carbocycles. The minimum atomic E-state index is -3.80. The van der Waals surface area contributed by atoms with Crippen molar-refractivity contribution >= 4 is 33.2 Å². The van der Waals surface area contributed by atoms with Gasteiger partial charge >= 0.3 is 0 Å². The molecule has 0 bridgehead atoms. The van der Waals surface area contributed by atoms with Crippen LogP contribution in [0.15, 0.2) is 48.5 Å². The van der Waals surface area contributed by atoms with Crippen LogP contribution in [0.3, 0.4) is 0 Å². The van der Waals surface area contributed by atoms with E-state index in [1.807, 2.05) is 37.3 Å². The van der Waals surface area contributed by atoms with Gasteiger partial charge in [0.1, 0.15) is 11.9 Å². The highest BCUT2D eigenvalue weighted by Gasteiger charge is 2.32. The van der Waals surface area contributed by atoms with Gasteiger partial charge in [-0.05, 0) is 49.9 Å². The van der Waals surface area contributed by atoms with Gasteiger partial charge in [-0.25, -0.2) is 12.8 Å². The fourth-order valence-electron chi connectivity index (χ4n) is 3.12. The predicted molar refractivity (Wildman–Crippen MR) is 115 cm³/mol. The first-order valence-corrected chi connectivity index (χ1v) is 11.6. The van der Waals surface area contributed by atoms with Crippen LogP contribution in [0, 0.1) is 5.82 Å². The lowest BCUT2D eigenvalue weighted by atomic mass is 10.1. The van der Waals surface area contributed by atoms with Crippen molar-refractivity contribution in [2.75, 3.05) is 10.6 Å². The molecule has 0 radical (unpaired) electrons. The maximum absolute atomic E-state index is 13.5. The minimum absolute atomic E-state index is 0.144. The van der Waals surface area contributed by atoms with Gasteiger partial charge in [0.25, 0.3) is 0 Å². The maximum atomic E-state index is 13.5. The van der Waals surface area contributed by atoms with Gasteiger partial charge in [-0.2, -0.15) is 0 Å². The van der Waals surface area contributed by atoms with E-state index in [2.05, 4.69) is 5.32 Å². The molecule has 0 heterocycles. The van der Waals surface area contributed by atoms with Crippen molar-refractivity contribution in [2.45, 2.75) is 45.2 Å². The van der Waals surface area contributed by atoms with Crippen molar-refractivity contribution in [3.63, 3.8) is 0 Å². The van der Waals surface area contributed by atoms with Crippen molar-refractivity contribution in [3.8, 4) is 0 Å². The maximum Gasteiger partial charge on any atom is 0.244 e. The predicted octanol–water partition coefficient (Wildman–Crippen LogP) is 4.16. The lowest BCUT2D eigenvalue weighted by Crippen LogP contribution is -2.51. The first kappa shape index (κ1) is 23.2. The SMILES string of the molecule is CCC(C(=O)NC(C)CCc1ccccc1)N(c1ccc(F)c(Cl)c1)S(C)(=O)=O. The lowest BCUT2D eigenvalue weighted by Gasteiger charge is -2.31. The van der Waals surface area contributed by atoms with E-state index >= 15 is 0 Å². The van der Waals surface area contributed by atoms with E-state index in [0.717, 1.165) is 23.0 Å². The van der Waals surface area contributed by atoms with Crippen LogP contribution in [0.4, 0.5) is 10.1 Å². The Morgan fingerprint density at radius 3 is 2.41 bits per heavy atom. The van der Waals surface area contributed by atoms with E-state index in [4.69, 9.17) is 11.6 Å². The third kappa shape index (κ3) is 6.44. The van der Waals surface area contributed by atoms with Crippen LogP contribution in [-0.2, 0) is 21.2 Å². The molecule has 0 aliphatic carbocycles. The summed E-state index contributed by atoms with van der Waals surface area (Å²) in [5.41, 5.74) is 1.32. The Bertz CT molecular complexity index is 938. The van der Waals surface area contributed by atoms with Gasteiger partial charge < -0.3 is 5.32 Å². The van der Waals surface area contributed by atoms with Crippen LogP contribution in [-0.4, -0.2) is 32.7 Å². The Morgan fingerprint density at radius 1 is 1.21 bits per heavy atom. The number of carbonyl (C=O) groups is 1. The highest BCUT2D eigenvalue weighted by Crippen LogP contribution is 2.27. The minimum Gasteiger partial charge on any atom is -0.352 e. The van der Waals surface area contributed by atoms with Crippen molar-refractivity contribution in [1.29, 1.82) is 0 Å². The molecule has 1 amide bonds. The van der Waals surface area contributed by atoms with Crippen LogP contribution in [0.5, 0.6) is 0 Å². The van der Waals surface area contributed by atoms with E-state index < -0.39 is 27.8 Å². The van der Waals surface area contributed by atoms with Gasteiger partial charge in [0.15, 0.2) is 0 Å². The fourth-order valence-corrected chi connectivity index (χ4v) is 4.50. The molecule has 0 aliphatic rings. The number of nitrogens with zero attached hydrogens (tertiary/aromatic N) is 1. The second kappa shape index (κ2) is 10.1. The molecule has 0 aliphatic heterocycles. The van der Waals surface area contributed by atoms with Crippen LogP contribution in [0.25, 0.3) is 0 Å². The molecule has 0 aromatic heterocycles. The molecule has 8 heteroatoms. The number of benzene rings is 2. The number of rotatable bonds is 9. The molecule has 2 atom stereocenters. The summed E-state index contributed by atoms with van der Waals surface area (Å²) in [6.07, 6.45) is 2.77. The molecule has 1 N–H and O–H groups in total. The summed E-state index contributed by atoms with van der Waals surface area (Å²) in [5.74, 6) is -1.06. The van der Waals surface area contributed by atoms with Crippen LogP contribution < -0.4 is 9.62 Å². The zero-order chi connectivity index (χ0) is 21.6. The quantitative estimate of drug-likeness (QED) is 0.636. The van der Waals surface area contributed by atoms with Crippen LogP contribution >= 0.6 is 11.6 Å². The summed E-state index contributed by atoms with van der Waals surface area (Å²) < 4.78 is 39.4. The summed E-state index contributed by atoms with van der Waals surface area (Å²) in [7, 11) is -3.80. The number of sulfonamides is 1. The number of anilines is 1. The van der Waals surface area contributed by atoms with Gasteiger partial charge in [0.2, 0.25) is 15.9 Å². The molecule has 158 valence electrons. The van der Waals surface area contributed by atoms with E-state index in [-0.39, 0.29) is 23.2 Å². The van der Waals surface area contributed by atoms with E-state index in [1.54, 1.807) is 6.92 Å². The number of hydrogen-bond donors (Lipinski definition) is 1. The molecule has 0 saturated heterocycles. The topological polar surface area (TPSA) is 66.5 Å². The molecule has 0 fully saturated rings. The van der Waals surface area contributed by atoms with Gasteiger partial charge in [-0.1, -0.05) is 48.9 Å². The van der Waals surface area contributed by atoms with Crippen LogP contribution in [0.2, 0.25) is 5.02 Å². The number of aryl methyl sites for hydroxylation is 1. The van der Waals surface area contributed by atoms with Crippen molar-refractivity contribution in [3.05, 3.63) is 64.9 Å². The molecule has 2 unspecified atom stereocenters. The summed E-state index contributed by atoms with van der Waals surface area (Å²) >= 11 is 5.82. The van der Waals surface area contributed by atoms with E-state index in [0.29, 0.717) is 6.42 Å². The highest BCUT2D eigenvalue weighted by atomic mass is 35.5. The molecular formula is C21H26ClFN2O3S. The molecule has 0 spiro atoms. The number of nitrogens with one attached hydrogen (secondary N) is 1. The Morgan fingerprint density at radius 2 is 1.86 bits per heavy atom. The Labute approximate surface area is 176 Å². The molecule has 29 heavy (non-hydrogen) atoms. The number of carbonyl (C=O) groups excluding carboxylic acids is 1. The first-order chi connectivity index (χ1) is 13.6. The molecular weight excluding hydrogens is 415 g/mol. The number of amides is 1. The summed E-state index contributed by atoms with van der Waals surface area (Å²) in [6, 6.07) is 12.4. The van der Waals surface area contributed by atoms with Gasteiger partial charge in [0.05, 0.1) is 17.0 Å².